The molecule has 1 aromatic heterocycles. The fourth-order valence-electron chi connectivity index (χ4n) is 2.76. The van der Waals surface area contributed by atoms with Gasteiger partial charge in [-0.2, -0.15) is 0 Å². The number of hydrogen-bond donors (Lipinski definition) is 0. The molecule has 2 aliphatic rings. The quantitative estimate of drug-likeness (QED) is 0.856. The van der Waals surface area contributed by atoms with Gasteiger partial charge in [-0.15, -0.1) is 21.5 Å². The van der Waals surface area contributed by atoms with Gasteiger partial charge >= 0.3 is 0 Å². The number of piperidine rings is 1. The summed E-state index contributed by atoms with van der Waals surface area (Å²) in [6.07, 6.45) is 5.34. The number of rotatable bonds is 4. The third-order valence-corrected chi connectivity index (χ3v) is 5.41. The summed E-state index contributed by atoms with van der Waals surface area (Å²) in [7, 11) is 0. The number of aromatic nitrogens is 2. The van der Waals surface area contributed by atoms with E-state index in [1.54, 1.807) is 11.3 Å². The summed E-state index contributed by atoms with van der Waals surface area (Å²) in [4.78, 5) is 14.1. The molecule has 0 spiro atoms. The van der Waals surface area contributed by atoms with E-state index in [2.05, 4.69) is 24.0 Å². The first-order valence-electron chi connectivity index (χ1n) is 7.74. The molecule has 5 heteroatoms. The van der Waals surface area contributed by atoms with Gasteiger partial charge < -0.3 is 4.90 Å². The smallest absolute Gasteiger partial charge is 0.222 e. The molecule has 2 fully saturated rings. The number of hydrogen-bond acceptors (Lipinski definition) is 4. The highest BCUT2D eigenvalue weighted by Crippen LogP contribution is 2.43. The molecule has 0 radical (unpaired) electrons. The third kappa shape index (κ3) is 3.19. The van der Waals surface area contributed by atoms with Crippen LogP contribution in [-0.4, -0.2) is 34.1 Å². The summed E-state index contributed by atoms with van der Waals surface area (Å²) in [5, 5.41) is 11.2. The second-order valence-corrected chi connectivity index (χ2v) is 7.55. The van der Waals surface area contributed by atoms with E-state index in [1.807, 2.05) is 4.90 Å². The number of carbonyl (C=O) groups is 1. The average molecular weight is 293 g/mol. The Morgan fingerprint density at radius 2 is 1.70 bits per heavy atom. The highest BCUT2D eigenvalue weighted by atomic mass is 32.1. The monoisotopic (exact) mass is 293 g/mol. The third-order valence-electron chi connectivity index (χ3n) is 4.16. The number of likely N-dealkylation sites (tertiary alicyclic amines) is 1. The fourth-order valence-corrected chi connectivity index (χ4v) is 3.94. The first kappa shape index (κ1) is 14.0. The zero-order valence-electron chi connectivity index (χ0n) is 12.3. The molecule has 0 bridgehead atoms. The normalized spacial score (nSPS) is 20.6. The molecule has 1 aromatic rings. The molecular weight excluding hydrogens is 270 g/mol. The van der Waals surface area contributed by atoms with Crippen LogP contribution in [0, 0.1) is 5.92 Å². The number of carbonyl (C=O) groups excluding carboxylic acids is 1. The van der Waals surface area contributed by atoms with Crippen LogP contribution in [0.15, 0.2) is 0 Å². The van der Waals surface area contributed by atoms with Crippen LogP contribution < -0.4 is 0 Å². The topological polar surface area (TPSA) is 46.1 Å². The maximum Gasteiger partial charge on any atom is 0.222 e. The van der Waals surface area contributed by atoms with Crippen molar-refractivity contribution in [3.8, 4) is 0 Å². The van der Waals surface area contributed by atoms with Crippen LogP contribution in [-0.2, 0) is 4.79 Å². The van der Waals surface area contributed by atoms with E-state index in [9.17, 15) is 4.79 Å². The van der Waals surface area contributed by atoms with Gasteiger partial charge in [0.25, 0.3) is 0 Å². The summed E-state index contributed by atoms with van der Waals surface area (Å²) >= 11 is 1.80. The van der Waals surface area contributed by atoms with Crippen molar-refractivity contribution < 1.29 is 4.79 Å². The highest BCUT2D eigenvalue weighted by molar-refractivity contribution is 7.11. The predicted octanol–water partition coefficient (Wildman–Crippen LogP) is 3.17. The Kier molecular flexibility index (Phi) is 4.06. The average Bonchev–Trinajstić information content (AvgIpc) is 3.16. The van der Waals surface area contributed by atoms with Crippen LogP contribution in [0.1, 0.15) is 67.8 Å². The fraction of sp³-hybridized carbons (Fsp3) is 0.800. The lowest BCUT2D eigenvalue weighted by Gasteiger charge is -2.31. The Morgan fingerprint density at radius 3 is 2.20 bits per heavy atom. The van der Waals surface area contributed by atoms with E-state index in [-0.39, 0.29) is 0 Å². The molecule has 0 N–H and O–H groups in total. The van der Waals surface area contributed by atoms with Crippen molar-refractivity contribution in [1.82, 2.24) is 15.1 Å². The molecule has 1 aliphatic carbocycles. The van der Waals surface area contributed by atoms with Crippen LogP contribution in [0.3, 0.4) is 0 Å². The molecule has 0 atom stereocenters. The summed E-state index contributed by atoms with van der Waals surface area (Å²) in [6, 6.07) is 0. The lowest BCUT2D eigenvalue weighted by Crippen LogP contribution is -2.38. The van der Waals surface area contributed by atoms with E-state index in [0.717, 1.165) is 25.9 Å². The first-order valence-corrected chi connectivity index (χ1v) is 8.56. The largest absolute Gasteiger partial charge is 0.343 e. The Bertz CT molecular complexity index is 473. The van der Waals surface area contributed by atoms with E-state index < -0.39 is 0 Å². The second kappa shape index (κ2) is 5.80. The molecule has 4 nitrogen and oxygen atoms in total. The van der Waals surface area contributed by atoms with Crippen molar-refractivity contribution in [2.75, 3.05) is 13.1 Å². The zero-order chi connectivity index (χ0) is 14.1. The summed E-state index contributed by atoms with van der Waals surface area (Å²) in [5.41, 5.74) is 0. The minimum absolute atomic E-state index is 0.314. The van der Waals surface area contributed by atoms with Crippen LogP contribution in [0.25, 0.3) is 0 Å². The van der Waals surface area contributed by atoms with Crippen molar-refractivity contribution >= 4 is 17.2 Å². The van der Waals surface area contributed by atoms with E-state index >= 15 is 0 Å². The van der Waals surface area contributed by atoms with E-state index in [4.69, 9.17) is 0 Å². The summed E-state index contributed by atoms with van der Waals surface area (Å²) < 4.78 is 0. The van der Waals surface area contributed by atoms with Gasteiger partial charge in [0.05, 0.1) is 0 Å². The number of amides is 1. The molecular formula is C15H23N3OS. The molecule has 1 saturated carbocycles. The van der Waals surface area contributed by atoms with Gasteiger partial charge in [0, 0.05) is 31.3 Å². The van der Waals surface area contributed by atoms with Crippen molar-refractivity contribution in [3.63, 3.8) is 0 Å². The summed E-state index contributed by atoms with van der Waals surface area (Å²) in [6.45, 7) is 5.97. The maximum atomic E-state index is 12.1. The van der Waals surface area contributed by atoms with Gasteiger partial charge in [0.2, 0.25) is 5.91 Å². The summed E-state index contributed by atoms with van der Waals surface area (Å²) in [5.74, 6) is 1.98. The number of nitrogens with zero attached hydrogens (tertiary/aromatic N) is 3. The van der Waals surface area contributed by atoms with Crippen molar-refractivity contribution in [2.45, 2.75) is 57.8 Å². The van der Waals surface area contributed by atoms with Gasteiger partial charge in [-0.1, -0.05) is 13.8 Å². The van der Waals surface area contributed by atoms with Crippen molar-refractivity contribution in [3.05, 3.63) is 10.0 Å². The van der Waals surface area contributed by atoms with Crippen LogP contribution in [0.2, 0.25) is 0 Å². The molecule has 1 saturated heterocycles. The molecule has 3 rings (SSSR count). The Hall–Kier alpha value is -0.970. The predicted molar refractivity (Wildman–Crippen MR) is 79.9 cm³/mol. The molecule has 1 aliphatic heterocycles. The SMILES string of the molecule is CC(C)CC(=O)N1CCC(c2nnc(C3CC3)s2)CC1. The Morgan fingerprint density at radius 1 is 1.15 bits per heavy atom. The van der Waals surface area contributed by atoms with Crippen molar-refractivity contribution in [2.24, 2.45) is 5.92 Å². The van der Waals surface area contributed by atoms with Gasteiger partial charge in [0.15, 0.2) is 0 Å². The minimum Gasteiger partial charge on any atom is -0.343 e. The molecule has 1 amide bonds. The standard InChI is InChI=1S/C15H23N3OS/c1-10(2)9-13(19)18-7-5-12(6-8-18)15-17-16-14(20-15)11-3-4-11/h10-12H,3-9H2,1-2H3. The second-order valence-electron chi connectivity index (χ2n) is 6.51. The Labute approximate surface area is 124 Å². The van der Waals surface area contributed by atoms with Gasteiger partial charge in [0.1, 0.15) is 10.0 Å². The van der Waals surface area contributed by atoms with Gasteiger partial charge in [-0.3, -0.25) is 4.79 Å². The molecule has 0 unspecified atom stereocenters. The first-order chi connectivity index (χ1) is 9.63. The highest BCUT2D eigenvalue weighted by Gasteiger charge is 2.30. The van der Waals surface area contributed by atoms with E-state index in [1.165, 1.54) is 22.9 Å². The lowest BCUT2D eigenvalue weighted by molar-refractivity contribution is -0.133. The lowest BCUT2D eigenvalue weighted by atomic mass is 9.97. The zero-order valence-corrected chi connectivity index (χ0v) is 13.2. The van der Waals surface area contributed by atoms with Crippen LogP contribution in [0.4, 0.5) is 0 Å². The van der Waals surface area contributed by atoms with Crippen molar-refractivity contribution in [1.29, 1.82) is 0 Å². The molecule has 2 heterocycles. The van der Waals surface area contributed by atoms with E-state index in [0.29, 0.717) is 30.1 Å². The van der Waals surface area contributed by atoms with Crippen LogP contribution >= 0.6 is 11.3 Å². The molecule has 20 heavy (non-hydrogen) atoms. The molecule has 110 valence electrons. The molecule has 0 aromatic carbocycles. The van der Waals surface area contributed by atoms with Gasteiger partial charge in [-0.05, 0) is 31.6 Å². The maximum absolute atomic E-state index is 12.1. The Balaban J connectivity index is 1.53. The van der Waals surface area contributed by atoms with Crippen LogP contribution in [0.5, 0.6) is 0 Å². The van der Waals surface area contributed by atoms with Gasteiger partial charge in [-0.25, -0.2) is 0 Å². The minimum atomic E-state index is 0.314.